The number of benzene rings is 1. The Labute approximate surface area is 110 Å². The van der Waals surface area contributed by atoms with Gasteiger partial charge in [-0.25, -0.2) is 0 Å². The molecule has 0 saturated carbocycles. The van der Waals surface area contributed by atoms with Crippen molar-refractivity contribution >= 4 is 21.7 Å². The molecule has 94 valence electrons. The molecule has 0 N–H and O–H groups in total. The summed E-state index contributed by atoms with van der Waals surface area (Å²) in [5.74, 6) is 0.959. The van der Waals surface area contributed by atoms with Gasteiger partial charge in [0.2, 0.25) is 0 Å². The number of ketones is 1. The first-order chi connectivity index (χ1) is 8.04. The lowest BCUT2D eigenvalue weighted by Gasteiger charge is -2.12. The fourth-order valence-electron chi connectivity index (χ4n) is 1.31. The number of Topliss-reactive ketones (excluding diaryl/α,β-unsaturated/α-hetero) is 1. The lowest BCUT2D eigenvalue weighted by atomic mass is 10.1. The van der Waals surface area contributed by atoms with Crippen LogP contribution in [-0.4, -0.2) is 26.1 Å². The van der Waals surface area contributed by atoms with Crippen molar-refractivity contribution in [3.05, 3.63) is 28.2 Å². The lowest BCUT2D eigenvalue weighted by Crippen LogP contribution is -2.12. The molecule has 0 radical (unpaired) electrons. The first-order valence-corrected chi connectivity index (χ1v) is 6.28. The number of carbonyl (C=O) groups excluding carboxylic acids is 1. The minimum absolute atomic E-state index is 0.0640. The van der Waals surface area contributed by atoms with Crippen LogP contribution in [0.3, 0.4) is 0 Å². The van der Waals surface area contributed by atoms with E-state index in [1.807, 2.05) is 6.07 Å². The van der Waals surface area contributed by atoms with E-state index in [9.17, 15) is 4.79 Å². The van der Waals surface area contributed by atoms with Gasteiger partial charge in [-0.05, 0) is 24.1 Å². The second-order valence-corrected chi connectivity index (χ2v) is 5.12. The monoisotopic (exact) mass is 300 g/mol. The normalized spacial score (nSPS) is 10.6. The van der Waals surface area contributed by atoms with E-state index in [2.05, 4.69) is 29.8 Å². The van der Waals surface area contributed by atoms with Gasteiger partial charge in [0, 0.05) is 11.6 Å². The summed E-state index contributed by atoms with van der Waals surface area (Å²) in [5.41, 5.74) is 0.557. The van der Waals surface area contributed by atoms with E-state index in [4.69, 9.17) is 9.47 Å². The van der Waals surface area contributed by atoms with E-state index in [0.29, 0.717) is 23.8 Å². The van der Waals surface area contributed by atoms with Crippen LogP contribution < -0.4 is 4.74 Å². The molecule has 0 saturated heterocycles. The van der Waals surface area contributed by atoms with Crippen LogP contribution in [0.5, 0.6) is 5.75 Å². The van der Waals surface area contributed by atoms with Crippen LogP contribution in [0, 0.1) is 5.92 Å². The molecule has 0 aliphatic heterocycles. The summed E-state index contributed by atoms with van der Waals surface area (Å²) in [4.78, 5) is 11.8. The Balaban J connectivity index is 2.91. The predicted molar refractivity (Wildman–Crippen MR) is 70.7 cm³/mol. The molecular formula is C13H17BrO3. The average molecular weight is 301 g/mol. The van der Waals surface area contributed by atoms with Gasteiger partial charge in [-0.1, -0.05) is 29.8 Å². The van der Waals surface area contributed by atoms with Crippen LogP contribution >= 0.6 is 15.9 Å². The van der Waals surface area contributed by atoms with E-state index in [0.717, 1.165) is 4.47 Å². The average Bonchev–Trinajstić information content (AvgIpc) is 2.27. The number of methoxy groups -OCH3 is 1. The molecule has 1 aromatic rings. The molecule has 0 bridgehead atoms. The van der Waals surface area contributed by atoms with E-state index >= 15 is 0 Å². The Morgan fingerprint density at radius 2 is 2.12 bits per heavy atom. The van der Waals surface area contributed by atoms with Crippen molar-refractivity contribution in [3.8, 4) is 5.75 Å². The molecule has 0 heterocycles. The highest BCUT2D eigenvalue weighted by Gasteiger charge is 2.13. The van der Waals surface area contributed by atoms with Crippen LogP contribution in [0.4, 0.5) is 0 Å². The first-order valence-electron chi connectivity index (χ1n) is 5.49. The Morgan fingerprint density at radius 3 is 2.71 bits per heavy atom. The van der Waals surface area contributed by atoms with E-state index in [-0.39, 0.29) is 12.4 Å². The summed E-state index contributed by atoms with van der Waals surface area (Å²) >= 11 is 3.35. The van der Waals surface area contributed by atoms with Crippen molar-refractivity contribution < 1.29 is 14.3 Å². The number of hydrogen-bond acceptors (Lipinski definition) is 3. The molecular weight excluding hydrogens is 284 g/mol. The van der Waals surface area contributed by atoms with Crippen LogP contribution in [0.2, 0.25) is 0 Å². The zero-order valence-electron chi connectivity index (χ0n) is 10.3. The van der Waals surface area contributed by atoms with Crippen LogP contribution in [0.1, 0.15) is 24.2 Å². The summed E-state index contributed by atoms with van der Waals surface area (Å²) in [6, 6.07) is 5.42. The highest BCUT2D eigenvalue weighted by molar-refractivity contribution is 9.10. The number of halogens is 1. The maximum atomic E-state index is 11.8. The fraction of sp³-hybridized carbons (Fsp3) is 0.462. The third-order valence-electron chi connectivity index (χ3n) is 2.09. The van der Waals surface area contributed by atoms with E-state index in [1.165, 1.54) is 7.11 Å². The number of hydrogen-bond donors (Lipinski definition) is 0. The quantitative estimate of drug-likeness (QED) is 0.756. The second kappa shape index (κ2) is 6.77. The largest absolute Gasteiger partial charge is 0.493 e. The van der Waals surface area contributed by atoms with Gasteiger partial charge in [0.05, 0.1) is 12.2 Å². The molecule has 1 rings (SSSR count). The molecule has 3 nitrogen and oxygen atoms in total. The Morgan fingerprint density at radius 1 is 1.41 bits per heavy atom. The smallest absolute Gasteiger partial charge is 0.192 e. The zero-order chi connectivity index (χ0) is 12.8. The minimum Gasteiger partial charge on any atom is -0.493 e. The highest BCUT2D eigenvalue weighted by atomic mass is 79.9. The van der Waals surface area contributed by atoms with Crippen LogP contribution in [0.25, 0.3) is 0 Å². The van der Waals surface area contributed by atoms with Gasteiger partial charge in [0.25, 0.3) is 0 Å². The molecule has 0 aliphatic rings. The van der Waals surface area contributed by atoms with E-state index < -0.39 is 0 Å². The molecule has 17 heavy (non-hydrogen) atoms. The molecule has 1 aromatic carbocycles. The molecule has 0 atom stereocenters. The summed E-state index contributed by atoms with van der Waals surface area (Å²) in [7, 11) is 1.50. The van der Waals surface area contributed by atoms with Crippen molar-refractivity contribution in [2.75, 3.05) is 20.3 Å². The molecule has 4 heteroatoms. The van der Waals surface area contributed by atoms with Crippen molar-refractivity contribution in [2.45, 2.75) is 13.8 Å². The summed E-state index contributed by atoms with van der Waals surface area (Å²) in [6.45, 7) is 4.79. The SMILES string of the molecule is COCC(=O)c1cc(Br)ccc1OCC(C)C. The third kappa shape index (κ3) is 4.48. The van der Waals surface area contributed by atoms with Crippen molar-refractivity contribution in [2.24, 2.45) is 5.92 Å². The van der Waals surface area contributed by atoms with Crippen molar-refractivity contribution in [3.63, 3.8) is 0 Å². The maximum Gasteiger partial charge on any atom is 0.192 e. The first kappa shape index (κ1) is 14.2. The van der Waals surface area contributed by atoms with Gasteiger partial charge >= 0.3 is 0 Å². The topological polar surface area (TPSA) is 35.5 Å². The number of rotatable bonds is 6. The van der Waals surface area contributed by atoms with Crippen molar-refractivity contribution in [1.29, 1.82) is 0 Å². The van der Waals surface area contributed by atoms with Gasteiger partial charge in [-0.15, -0.1) is 0 Å². The predicted octanol–water partition coefficient (Wildman–Crippen LogP) is 3.31. The van der Waals surface area contributed by atoms with Gasteiger partial charge in [0.1, 0.15) is 12.4 Å². The van der Waals surface area contributed by atoms with Gasteiger partial charge < -0.3 is 9.47 Å². The van der Waals surface area contributed by atoms with Crippen LogP contribution in [-0.2, 0) is 4.74 Å². The molecule has 0 aliphatic carbocycles. The minimum atomic E-state index is -0.0763. The maximum absolute atomic E-state index is 11.8. The van der Waals surface area contributed by atoms with Gasteiger partial charge in [-0.3, -0.25) is 4.79 Å². The Kier molecular flexibility index (Phi) is 5.65. The summed E-state index contributed by atoms with van der Waals surface area (Å²) < 4.78 is 11.3. The lowest BCUT2D eigenvalue weighted by molar-refractivity contribution is 0.0843. The van der Waals surface area contributed by atoms with E-state index in [1.54, 1.807) is 12.1 Å². The van der Waals surface area contributed by atoms with Crippen LogP contribution in [0.15, 0.2) is 22.7 Å². The number of carbonyl (C=O) groups is 1. The second-order valence-electron chi connectivity index (χ2n) is 4.20. The third-order valence-corrected chi connectivity index (χ3v) is 2.58. The molecule has 0 unspecified atom stereocenters. The summed E-state index contributed by atoms with van der Waals surface area (Å²) in [6.07, 6.45) is 0. The standard InChI is InChI=1S/C13H17BrO3/c1-9(2)7-17-13-5-4-10(14)6-11(13)12(15)8-16-3/h4-6,9H,7-8H2,1-3H3. The Bertz CT molecular complexity index is 388. The fourth-order valence-corrected chi connectivity index (χ4v) is 1.67. The molecule has 0 fully saturated rings. The summed E-state index contributed by atoms with van der Waals surface area (Å²) in [5, 5.41) is 0. The highest BCUT2D eigenvalue weighted by Crippen LogP contribution is 2.24. The molecule has 0 spiro atoms. The van der Waals surface area contributed by atoms with Crippen molar-refractivity contribution in [1.82, 2.24) is 0 Å². The molecule has 0 aromatic heterocycles. The number of ether oxygens (including phenoxy) is 2. The zero-order valence-corrected chi connectivity index (χ0v) is 11.9. The van der Waals surface area contributed by atoms with Gasteiger partial charge in [-0.2, -0.15) is 0 Å². The molecule has 0 amide bonds. The Hall–Kier alpha value is -0.870. The van der Waals surface area contributed by atoms with Gasteiger partial charge in [0.15, 0.2) is 5.78 Å².